The Hall–Kier alpha value is 0.660. The maximum Gasteiger partial charge on any atom is 0.0637 e. The number of nitrogens with one attached hydrogen (secondary N) is 1. The highest BCUT2D eigenvalue weighted by molar-refractivity contribution is 8.76. The van der Waals surface area contributed by atoms with Crippen LogP contribution < -0.4 is 5.32 Å². The molecule has 1 aliphatic heterocycles. The first kappa shape index (κ1) is 6.78. The molecule has 0 amide bonds. The lowest BCUT2D eigenvalue weighted by Gasteiger charge is -2.04. The van der Waals surface area contributed by atoms with Crippen molar-refractivity contribution in [2.24, 2.45) is 0 Å². The lowest BCUT2D eigenvalue weighted by atomic mass is 10.4. The number of hydrogen-bond acceptors (Lipinski definition) is 3. The number of rotatable bonds is 2. The molecule has 3 heteroatoms. The third-order valence-electron chi connectivity index (χ3n) is 1.23. The van der Waals surface area contributed by atoms with Gasteiger partial charge in [0.2, 0.25) is 0 Å². The average Bonchev–Trinajstić information content (AvgIpc) is 2.19. The summed E-state index contributed by atoms with van der Waals surface area (Å²) in [4.78, 5) is 0. The van der Waals surface area contributed by atoms with Crippen LogP contribution in [0.25, 0.3) is 0 Å². The molecule has 0 bridgehead atoms. The zero-order valence-corrected chi connectivity index (χ0v) is 6.65. The van der Waals surface area contributed by atoms with Gasteiger partial charge < -0.3 is 5.32 Å². The van der Waals surface area contributed by atoms with Crippen LogP contribution in [0, 0.1) is 0 Å². The maximum absolute atomic E-state index is 3.40. The molecule has 48 valence electrons. The smallest absolute Gasteiger partial charge is 0.0637 e. The van der Waals surface area contributed by atoms with Crippen LogP contribution in [0.2, 0.25) is 0 Å². The molecule has 1 nitrogen and oxygen atoms in total. The molecule has 0 aromatic carbocycles. The van der Waals surface area contributed by atoms with Crippen molar-refractivity contribution in [3.05, 3.63) is 0 Å². The van der Waals surface area contributed by atoms with Crippen molar-refractivity contribution in [1.82, 2.24) is 5.32 Å². The third kappa shape index (κ3) is 1.88. The van der Waals surface area contributed by atoms with Gasteiger partial charge in [-0.1, -0.05) is 21.6 Å². The second-order valence-electron chi connectivity index (χ2n) is 1.85. The van der Waals surface area contributed by atoms with Gasteiger partial charge in [0.25, 0.3) is 0 Å². The Labute approximate surface area is 58.4 Å². The molecule has 0 saturated carbocycles. The molecule has 0 aromatic rings. The van der Waals surface area contributed by atoms with E-state index in [2.05, 4.69) is 11.6 Å². The van der Waals surface area contributed by atoms with Gasteiger partial charge in [0, 0.05) is 0 Å². The predicted octanol–water partition coefficient (Wildman–Crippen LogP) is 1.71. The first-order valence-electron chi connectivity index (χ1n) is 2.86. The molecule has 1 saturated heterocycles. The summed E-state index contributed by atoms with van der Waals surface area (Å²) in [6.07, 6.45) is 4.84. The molecule has 8 heavy (non-hydrogen) atoms. The van der Waals surface area contributed by atoms with E-state index in [9.17, 15) is 0 Å². The van der Waals surface area contributed by atoms with E-state index >= 15 is 0 Å². The molecule has 0 aliphatic carbocycles. The van der Waals surface area contributed by atoms with E-state index in [1.165, 1.54) is 19.4 Å². The summed E-state index contributed by atoms with van der Waals surface area (Å²) in [5.41, 5.74) is 0. The zero-order chi connectivity index (χ0) is 5.82. The highest BCUT2D eigenvalue weighted by Crippen LogP contribution is 2.27. The molecule has 0 aromatic heterocycles. The van der Waals surface area contributed by atoms with Crippen LogP contribution in [-0.4, -0.2) is 18.2 Å². The summed E-state index contributed by atoms with van der Waals surface area (Å²) in [7, 11) is 3.80. The minimum absolute atomic E-state index is 0.741. The minimum Gasteiger partial charge on any atom is -0.305 e. The molecular weight excluding hydrogens is 138 g/mol. The topological polar surface area (TPSA) is 12.0 Å². The Morgan fingerprint density at radius 2 is 2.50 bits per heavy atom. The van der Waals surface area contributed by atoms with Crippen molar-refractivity contribution in [2.75, 3.05) is 12.8 Å². The Morgan fingerprint density at radius 1 is 1.62 bits per heavy atom. The van der Waals surface area contributed by atoms with E-state index in [1.807, 2.05) is 21.6 Å². The Balaban J connectivity index is 2.06. The predicted molar refractivity (Wildman–Crippen MR) is 42.1 cm³/mol. The maximum atomic E-state index is 3.40. The second-order valence-corrected chi connectivity index (χ2v) is 4.52. The summed E-state index contributed by atoms with van der Waals surface area (Å²) >= 11 is 0. The Bertz CT molecular complexity index is 61.4. The van der Waals surface area contributed by atoms with E-state index in [-0.39, 0.29) is 0 Å². The van der Waals surface area contributed by atoms with Crippen molar-refractivity contribution in [1.29, 1.82) is 0 Å². The molecule has 0 spiro atoms. The van der Waals surface area contributed by atoms with Crippen LogP contribution in [0.1, 0.15) is 12.8 Å². The van der Waals surface area contributed by atoms with Crippen molar-refractivity contribution in [2.45, 2.75) is 18.2 Å². The first-order chi connectivity index (χ1) is 3.93. The third-order valence-corrected chi connectivity index (χ3v) is 3.33. The number of hydrogen-bond donors (Lipinski definition) is 1. The fourth-order valence-electron chi connectivity index (χ4n) is 0.851. The van der Waals surface area contributed by atoms with Crippen molar-refractivity contribution < 1.29 is 0 Å². The highest BCUT2D eigenvalue weighted by Gasteiger charge is 2.12. The van der Waals surface area contributed by atoms with Gasteiger partial charge in [-0.3, -0.25) is 0 Å². The summed E-state index contributed by atoms with van der Waals surface area (Å²) < 4.78 is 0. The van der Waals surface area contributed by atoms with E-state index in [0.717, 1.165) is 5.37 Å². The quantitative estimate of drug-likeness (QED) is 0.600. The fraction of sp³-hybridized carbons (Fsp3) is 1.00. The molecule has 0 radical (unpaired) electrons. The van der Waals surface area contributed by atoms with Gasteiger partial charge in [0.05, 0.1) is 5.37 Å². The molecule has 1 fully saturated rings. The molecule has 1 rings (SSSR count). The van der Waals surface area contributed by atoms with Gasteiger partial charge in [-0.05, 0) is 25.6 Å². The van der Waals surface area contributed by atoms with Gasteiger partial charge in [-0.15, -0.1) is 0 Å². The van der Waals surface area contributed by atoms with Crippen LogP contribution in [-0.2, 0) is 0 Å². The largest absolute Gasteiger partial charge is 0.305 e. The molecule has 1 unspecified atom stereocenters. The van der Waals surface area contributed by atoms with Crippen LogP contribution in [0.3, 0.4) is 0 Å². The van der Waals surface area contributed by atoms with Gasteiger partial charge in [0.15, 0.2) is 0 Å². The van der Waals surface area contributed by atoms with Crippen LogP contribution in [0.4, 0.5) is 0 Å². The fourth-order valence-corrected chi connectivity index (χ4v) is 2.72. The normalized spacial score (nSPS) is 28.9. The Kier molecular flexibility index (Phi) is 3.08. The summed E-state index contributed by atoms with van der Waals surface area (Å²) in [5, 5.41) is 4.14. The first-order valence-corrected chi connectivity index (χ1v) is 5.48. The molecule has 1 aliphatic rings. The minimum atomic E-state index is 0.741. The zero-order valence-electron chi connectivity index (χ0n) is 5.02. The SMILES string of the molecule is CSSC1CCCN1. The molecule has 1 N–H and O–H groups in total. The highest BCUT2D eigenvalue weighted by atomic mass is 33.1. The monoisotopic (exact) mass is 149 g/mol. The van der Waals surface area contributed by atoms with E-state index in [0.29, 0.717) is 0 Å². The summed E-state index contributed by atoms with van der Waals surface area (Å²) in [6, 6.07) is 0. The molecule has 1 heterocycles. The van der Waals surface area contributed by atoms with Crippen LogP contribution >= 0.6 is 21.6 Å². The summed E-state index contributed by atoms with van der Waals surface area (Å²) in [5.74, 6) is 0. The van der Waals surface area contributed by atoms with Crippen LogP contribution in [0.5, 0.6) is 0 Å². The molecular formula is C5H11NS2. The summed E-state index contributed by atoms with van der Waals surface area (Å²) in [6.45, 7) is 1.22. The second kappa shape index (κ2) is 3.64. The van der Waals surface area contributed by atoms with Gasteiger partial charge >= 0.3 is 0 Å². The van der Waals surface area contributed by atoms with E-state index in [1.54, 1.807) is 0 Å². The van der Waals surface area contributed by atoms with E-state index < -0.39 is 0 Å². The van der Waals surface area contributed by atoms with Crippen molar-refractivity contribution >= 4 is 21.6 Å². The van der Waals surface area contributed by atoms with Crippen molar-refractivity contribution in [3.8, 4) is 0 Å². The van der Waals surface area contributed by atoms with Gasteiger partial charge in [-0.25, -0.2) is 0 Å². The lowest BCUT2D eigenvalue weighted by Crippen LogP contribution is -2.15. The molecule has 1 atom stereocenters. The van der Waals surface area contributed by atoms with Crippen molar-refractivity contribution in [3.63, 3.8) is 0 Å². The van der Waals surface area contributed by atoms with Crippen LogP contribution in [0.15, 0.2) is 0 Å². The average molecular weight is 149 g/mol. The lowest BCUT2D eigenvalue weighted by molar-refractivity contribution is 0.811. The van der Waals surface area contributed by atoms with E-state index in [4.69, 9.17) is 0 Å². The Morgan fingerprint density at radius 3 is 3.00 bits per heavy atom. The standard InChI is InChI=1S/C5H11NS2/c1-7-8-5-3-2-4-6-5/h5-6H,2-4H2,1H3. The van der Waals surface area contributed by atoms with Gasteiger partial charge in [-0.2, -0.15) is 0 Å². The van der Waals surface area contributed by atoms with Gasteiger partial charge in [0.1, 0.15) is 0 Å².